The molecule has 3 heteroatoms. The molecule has 0 spiro atoms. The van der Waals surface area contributed by atoms with Gasteiger partial charge in [-0.2, -0.15) is 0 Å². The first-order valence-electron chi connectivity index (χ1n) is 4.57. The normalized spacial score (nSPS) is 9.83. The van der Waals surface area contributed by atoms with E-state index in [0.29, 0.717) is 13.0 Å². The molecular weight excluding hydrogens is 156 g/mol. The fourth-order valence-corrected chi connectivity index (χ4v) is 0.853. The zero-order valence-corrected chi connectivity index (χ0v) is 7.71. The zero-order chi connectivity index (χ0) is 9.23. The lowest BCUT2D eigenvalue weighted by molar-refractivity contribution is -0.143. The third kappa shape index (κ3) is 7.54. The van der Waals surface area contributed by atoms with Crippen LogP contribution in [0.5, 0.6) is 0 Å². The van der Waals surface area contributed by atoms with Crippen molar-refractivity contribution in [1.29, 1.82) is 0 Å². The van der Waals surface area contributed by atoms with E-state index >= 15 is 0 Å². The van der Waals surface area contributed by atoms with Crippen molar-refractivity contribution in [1.82, 2.24) is 0 Å². The minimum Gasteiger partial charge on any atom is -0.466 e. The highest BCUT2D eigenvalue weighted by Gasteiger charge is 1.98. The maximum absolute atomic E-state index is 10.8. The van der Waals surface area contributed by atoms with E-state index in [4.69, 9.17) is 9.84 Å². The molecule has 12 heavy (non-hydrogen) atoms. The van der Waals surface area contributed by atoms with E-state index in [1.165, 1.54) is 0 Å². The molecule has 0 aliphatic heterocycles. The van der Waals surface area contributed by atoms with Gasteiger partial charge in [0.25, 0.3) is 0 Å². The number of rotatable bonds is 7. The summed E-state index contributed by atoms with van der Waals surface area (Å²) in [5.41, 5.74) is 0. The Balaban J connectivity index is 3.03. The highest BCUT2D eigenvalue weighted by atomic mass is 16.5. The lowest BCUT2D eigenvalue weighted by Crippen LogP contribution is -2.04. The SMILES string of the molecule is CCCC(=O)OCCCCCO. The van der Waals surface area contributed by atoms with Crippen LogP contribution in [-0.4, -0.2) is 24.3 Å². The van der Waals surface area contributed by atoms with Gasteiger partial charge in [-0.05, 0) is 25.7 Å². The third-order valence-corrected chi connectivity index (χ3v) is 1.52. The molecule has 0 aliphatic carbocycles. The van der Waals surface area contributed by atoms with E-state index in [1.54, 1.807) is 0 Å². The Kier molecular flexibility index (Phi) is 8.12. The summed E-state index contributed by atoms with van der Waals surface area (Å²) >= 11 is 0. The fourth-order valence-electron chi connectivity index (χ4n) is 0.853. The number of unbranched alkanes of at least 4 members (excludes halogenated alkanes) is 2. The maximum atomic E-state index is 10.8. The van der Waals surface area contributed by atoms with Crippen LogP contribution in [0.25, 0.3) is 0 Å². The molecule has 0 saturated heterocycles. The van der Waals surface area contributed by atoms with Crippen LogP contribution in [0.2, 0.25) is 0 Å². The molecule has 0 aromatic rings. The highest BCUT2D eigenvalue weighted by Crippen LogP contribution is 1.97. The molecule has 0 bridgehead atoms. The van der Waals surface area contributed by atoms with Crippen LogP contribution in [0.15, 0.2) is 0 Å². The molecule has 0 aromatic carbocycles. The first-order chi connectivity index (χ1) is 5.81. The van der Waals surface area contributed by atoms with Gasteiger partial charge in [0.05, 0.1) is 6.61 Å². The number of hydrogen-bond donors (Lipinski definition) is 1. The Morgan fingerprint density at radius 1 is 1.33 bits per heavy atom. The van der Waals surface area contributed by atoms with E-state index in [9.17, 15) is 4.79 Å². The summed E-state index contributed by atoms with van der Waals surface area (Å²) in [6.45, 7) is 2.68. The van der Waals surface area contributed by atoms with Gasteiger partial charge in [-0.1, -0.05) is 6.92 Å². The summed E-state index contributed by atoms with van der Waals surface area (Å²) in [7, 11) is 0. The van der Waals surface area contributed by atoms with Gasteiger partial charge in [-0.15, -0.1) is 0 Å². The van der Waals surface area contributed by atoms with Crippen molar-refractivity contribution in [3.63, 3.8) is 0 Å². The van der Waals surface area contributed by atoms with E-state index < -0.39 is 0 Å². The Labute approximate surface area is 73.7 Å². The maximum Gasteiger partial charge on any atom is 0.305 e. The summed E-state index contributed by atoms with van der Waals surface area (Å²) in [6, 6.07) is 0. The summed E-state index contributed by atoms with van der Waals surface area (Å²) in [5, 5.41) is 8.45. The Morgan fingerprint density at radius 2 is 2.08 bits per heavy atom. The van der Waals surface area contributed by atoms with Crippen LogP contribution in [-0.2, 0) is 9.53 Å². The Hall–Kier alpha value is -0.570. The molecule has 0 atom stereocenters. The monoisotopic (exact) mass is 174 g/mol. The molecule has 0 aromatic heterocycles. The molecule has 0 aliphatic rings. The molecule has 0 heterocycles. The van der Waals surface area contributed by atoms with Crippen LogP contribution in [0.3, 0.4) is 0 Å². The van der Waals surface area contributed by atoms with Gasteiger partial charge in [-0.25, -0.2) is 0 Å². The van der Waals surface area contributed by atoms with Gasteiger partial charge in [0.2, 0.25) is 0 Å². The zero-order valence-electron chi connectivity index (χ0n) is 7.71. The molecule has 1 N–H and O–H groups in total. The van der Waals surface area contributed by atoms with Crippen LogP contribution in [0, 0.1) is 0 Å². The van der Waals surface area contributed by atoms with Gasteiger partial charge in [0, 0.05) is 13.0 Å². The number of aliphatic hydroxyl groups excluding tert-OH is 1. The molecule has 0 saturated carbocycles. The minimum atomic E-state index is -0.110. The third-order valence-electron chi connectivity index (χ3n) is 1.52. The molecule has 72 valence electrons. The second kappa shape index (κ2) is 8.53. The largest absolute Gasteiger partial charge is 0.466 e. The molecule has 0 amide bonds. The molecular formula is C9H18O3. The second-order valence-electron chi connectivity index (χ2n) is 2.75. The van der Waals surface area contributed by atoms with Crippen molar-refractivity contribution in [2.45, 2.75) is 39.0 Å². The number of esters is 1. The number of hydrogen-bond acceptors (Lipinski definition) is 3. The van der Waals surface area contributed by atoms with Crippen LogP contribution in [0.1, 0.15) is 39.0 Å². The first kappa shape index (κ1) is 11.4. The minimum absolute atomic E-state index is 0.110. The Bertz CT molecular complexity index is 112. The smallest absolute Gasteiger partial charge is 0.305 e. The first-order valence-corrected chi connectivity index (χ1v) is 4.57. The predicted octanol–water partition coefficient (Wildman–Crippen LogP) is 1.49. The summed E-state index contributed by atoms with van der Waals surface area (Å²) in [4.78, 5) is 10.8. The summed E-state index contributed by atoms with van der Waals surface area (Å²) in [5.74, 6) is -0.110. The number of carbonyl (C=O) groups excluding carboxylic acids is 1. The van der Waals surface area contributed by atoms with E-state index in [1.807, 2.05) is 6.92 Å². The van der Waals surface area contributed by atoms with Gasteiger partial charge in [0.1, 0.15) is 0 Å². The standard InChI is InChI=1S/C9H18O3/c1-2-6-9(11)12-8-5-3-4-7-10/h10H,2-8H2,1H3. The number of carbonyl (C=O) groups is 1. The topological polar surface area (TPSA) is 46.5 Å². The van der Waals surface area contributed by atoms with Crippen molar-refractivity contribution in [3.8, 4) is 0 Å². The van der Waals surface area contributed by atoms with E-state index in [-0.39, 0.29) is 12.6 Å². The lowest BCUT2D eigenvalue weighted by Gasteiger charge is -2.02. The van der Waals surface area contributed by atoms with Gasteiger partial charge < -0.3 is 9.84 Å². The van der Waals surface area contributed by atoms with Gasteiger partial charge >= 0.3 is 5.97 Å². The number of aliphatic hydroxyl groups is 1. The number of ether oxygens (including phenoxy) is 1. The Morgan fingerprint density at radius 3 is 2.67 bits per heavy atom. The summed E-state index contributed by atoms with van der Waals surface area (Å²) < 4.78 is 4.91. The molecule has 0 fully saturated rings. The highest BCUT2D eigenvalue weighted by molar-refractivity contribution is 5.69. The van der Waals surface area contributed by atoms with Gasteiger partial charge in [0.15, 0.2) is 0 Å². The second-order valence-corrected chi connectivity index (χ2v) is 2.75. The average Bonchev–Trinajstić information content (AvgIpc) is 2.05. The van der Waals surface area contributed by atoms with Crippen LogP contribution in [0.4, 0.5) is 0 Å². The van der Waals surface area contributed by atoms with Crippen molar-refractivity contribution in [3.05, 3.63) is 0 Å². The molecule has 0 unspecified atom stereocenters. The predicted molar refractivity (Wildman–Crippen MR) is 46.8 cm³/mol. The lowest BCUT2D eigenvalue weighted by atomic mass is 10.2. The van der Waals surface area contributed by atoms with E-state index in [0.717, 1.165) is 25.7 Å². The van der Waals surface area contributed by atoms with Crippen molar-refractivity contribution < 1.29 is 14.6 Å². The molecule has 0 radical (unpaired) electrons. The fraction of sp³-hybridized carbons (Fsp3) is 0.889. The summed E-state index contributed by atoms with van der Waals surface area (Å²) in [6.07, 6.45) is 3.94. The van der Waals surface area contributed by atoms with Crippen molar-refractivity contribution >= 4 is 5.97 Å². The molecule has 0 rings (SSSR count). The quantitative estimate of drug-likeness (QED) is 0.470. The molecule has 3 nitrogen and oxygen atoms in total. The average molecular weight is 174 g/mol. The van der Waals surface area contributed by atoms with Crippen LogP contribution >= 0.6 is 0 Å². The van der Waals surface area contributed by atoms with Crippen molar-refractivity contribution in [2.75, 3.05) is 13.2 Å². The van der Waals surface area contributed by atoms with Crippen molar-refractivity contribution in [2.24, 2.45) is 0 Å². The van der Waals surface area contributed by atoms with Crippen LogP contribution < -0.4 is 0 Å². The van der Waals surface area contributed by atoms with Gasteiger partial charge in [-0.3, -0.25) is 4.79 Å². The van der Waals surface area contributed by atoms with E-state index in [2.05, 4.69) is 0 Å².